The Morgan fingerprint density at radius 3 is 2.67 bits per heavy atom. The van der Waals surface area contributed by atoms with E-state index >= 15 is 0 Å². The van der Waals surface area contributed by atoms with Gasteiger partial charge in [0.15, 0.2) is 0 Å². The first-order valence-electron chi connectivity index (χ1n) is 3.81. The minimum atomic E-state index is -0.266. The Labute approximate surface area is 73.6 Å². The molecule has 0 amide bonds. The molecule has 0 spiro atoms. The van der Waals surface area contributed by atoms with Crippen LogP contribution in [0.1, 0.15) is 20.3 Å². The summed E-state index contributed by atoms with van der Waals surface area (Å²) in [5, 5.41) is 0. The maximum absolute atomic E-state index is 10.1. The quantitative estimate of drug-likeness (QED) is 0.470. The van der Waals surface area contributed by atoms with Crippen LogP contribution in [0.15, 0.2) is 11.6 Å². The predicted octanol–water partition coefficient (Wildman–Crippen LogP) is 1.56. The average molecular weight is 166 g/mol. The molecular weight excluding hydrogens is 152 g/mol. The summed E-state index contributed by atoms with van der Waals surface area (Å²) in [5.41, 5.74) is 1.14. The van der Waals surface area contributed by atoms with Gasteiger partial charge in [-0.05, 0) is 19.9 Å². The molecule has 2 heteroatoms. The summed E-state index contributed by atoms with van der Waals surface area (Å²) in [4.78, 5) is 10.1. The maximum atomic E-state index is 10.1. The van der Waals surface area contributed by atoms with E-state index in [0.717, 1.165) is 11.9 Å². The standard InChI is InChI=1S/C10H14O2/c1-9(2)5-4-6-10(12-3)7-8-11/h5,8,10H,7H2,1-3H3. The van der Waals surface area contributed by atoms with Crippen LogP contribution in [0.5, 0.6) is 0 Å². The van der Waals surface area contributed by atoms with Gasteiger partial charge < -0.3 is 9.53 Å². The zero-order valence-electron chi connectivity index (χ0n) is 7.76. The second-order valence-electron chi connectivity index (χ2n) is 2.64. The van der Waals surface area contributed by atoms with E-state index in [0.29, 0.717) is 6.42 Å². The number of aldehydes is 1. The van der Waals surface area contributed by atoms with Gasteiger partial charge in [0.1, 0.15) is 12.4 Å². The van der Waals surface area contributed by atoms with Gasteiger partial charge in [-0.15, -0.1) is 0 Å². The van der Waals surface area contributed by atoms with Gasteiger partial charge in [0.05, 0.1) is 0 Å². The second-order valence-corrected chi connectivity index (χ2v) is 2.64. The molecule has 2 nitrogen and oxygen atoms in total. The summed E-state index contributed by atoms with van der Waals surface area (Å²) in [6, 6.07) is 0. The van der Waals surface area contributed by atoms with Gasteiger partial charge in [0.25, 0.3) is 0 Å². The molecule has 0 rings (SSSR count). The van der Waals surface area contributed by atoms with E-state index in [1.807, 2.05) is 13.8 Å². The van der Waals surface area contributed by atoms with Gasteiger partial charge >= 0.3 is 0 Å². The molecule has 0 radical (unpaired) electrons. The zero-order chi connectivity index (χ0) is 9.40. The molecule has 0 saturated carbocycles. The molecule has 0 saturated heterocycles. The van der Waals surface area contributed by atoms with Crippen LogP contribution in [-0.4, -0.2) is 19.5 Å². The minimum absolute atomic E-state index is 0.266. The highest BCUT2D eigenvalue weighted by Gasteiger charge is 1.98. The fourth-order valence-electron chi connectivity index (χ4n) is 0.580. The van der Waals surface area contributed by atoms with Crippen LogP contribution in [-0.2, 0) is 9.53 Å². The van der Waals surface area contributed by atoms with Crippen molar-refractivity contribution in [3.8, 4) is 11.8 Å². The first kappa shape index (κ1) is 10.9. The highest BCUT2D eigenvalue weighted by molar-refractivity contribution is 5.51. The van der Waals surface area contributed by atoms with Crippen LogP contribution < -0.4 is 0 Å². The number of rotatable bonds is 3. The van der Waals surface area contributed by atoms with E-state index in [9.17, 15) is 4.79 Å². The molecular formula is C10H14O2. The van der Waals surface area contributed by atoms with E-state index in [1.165, 1.54) is 0 Å². The topological polar surface area (TPSA) is 26.3 Å². The summed E-state index contributed by atoms with van der Waals surface area (Å²) in [6.07, 6.45) is 2.68. The number of ether oxygens (including phenoxy) is 1. The number of hydrogen-bond donors (Lipinski definition) is 0. The van der Waals surface area contributed by atoms with Gasteiger partial charge in [-0.25, -0.2) is 0 Å². The highest BCUT2D eigenvalue weighted by atomic mass is 16.5. The Hall–Kier alpha value is -1.07. The second kappa shape index (κ2) is 6.63. The lowest BCUT2D eigenvalue weighted by Gasteiger charge is -2.01. The van der Waals surface area contributed by atoms with Crippen LogP contribution >= 0.6 is 0 Å². The van der Waals surface area contributed by atoms with E-state index < -0.39 is 0 Å². The Bertz CT molecular complexity index is 214. The number of carbonyl (C=O) groups is 1. The van der Waals surface area contributed by atoms with Crippen molar-refractivity contribution >= 4 is 6.29 Å². The van der Waals surface area contributed by atoms with Crippen molar-refractivity contribution in [1.82, 2.24) is 0 Å². The van der Waals surface area contributed by atoms with E-state index in [2.05, 4.69) is 11.8 Å². The molecule has 66 valence electrons. The first-order chi connectivity index (χ1) is 5.70. The first-order valence-corrected chi connectivity index (χ1v) is 3.81. The van der Waals surface area contributed by atoms with Crippen molar-refractivity contribution in [1.29, 1.82) is 0 Å². The third-order valence-electron chi connectivity index (χ3n) is 1.20. The normalized spacial score (nSPS) is 10.9. The lowest BCUT2D eigenvalue weighted by atomic mass is 10.2. The largest absolute Gasteiger partial charge is 0.368 e. The molecule has 0 bridgehead atoms. The molecule has 0 heterocycles. The summed E-state index contributed by atoms with van der Waals surface area (Å²) in [7, 11) is 1.55. The molecule has 0 fully saturated rings. The van der Waals surface area contributed by atoms with E-state index in [-0.39, 0.29) is 6.10 Å². The fourth-order valence-corrected chi connectivity index (χ4v) is 0.580. The summed E-state index contributed by atoms with van der Waals surface area (Å²) >= 11 is 0. The molecule has 0 aromatic rings. The Balaban J connectivity index is 4.05. The molecule has 0 N–H and O–H groups in total. The monoisotopic (exact) mass is 166 g/mol. The Morgan fingerprint density at radius 1 is 1.58 bits per heavy atom. The van der Waals surface area contributed by atoms with Crippen molar-refractivity contribution < 1.29 is 9.53 Å². The summed E-state index contributed by atoms with van der Waals surface area (Å²) in [5.74, 6) is 5.65. The minimum Gasteiger partial charge on any atom is -0.368 e. The highest BCUT2D eigenvalue weighted by Crippen LogP contribution is 1.92. The molecule has 0 aliphatic rings. The van der Waals surface area contributed by atoms with Gasteiger partial charge in [-0.1, -0.05) is 17.4 Å². The summed E-state index contributed by atoms with van der Waals surface area (Å²) in [6.45, 7) is 3.94. The maximum Gasteiger partial charge on any atom is 0.124 e. The van der Waals surface area contributed by atoms with Crippen molar-refractivity contribution in [2.75, 3.05) is 7.11 Å². The van der Waals surface area contributed by atoms with Crippen LogP contribution in [0, 0.1) is 11.8 Å². The van der Waals surface area contributed by atoms with Crippen LogP contribution in [0.4, 0.5) is 0 Å². The van der Waals surface area contributed by atoms with Crippen molar-refractivity contribution in [3.63, 3.8) is 0 Å². The smallest absolute Gasteiger partial charge is 0.124 e. The number of methoxy groups -OCH3 is 1. The van der Waals surface area contributed by atoms with Crippen molar-refractivity contribution in [3.05, 3.63) is 11.6 Å². The molecule has 0 aliphatic carbocycles. The molecule has 1 atom stereocenters. The Morgan fingerprint density at radius 2 is 2.25 bits per heavy atom. The molecule has 12 heavy (non-hydrogen) atoms. The average Bonchev–Trinajstić information content (AvgIpc) is 2.02. The van der Waals surface area contributed by atoms with Gasteiger partial charge in [-0.2, -0.15) is 0 Å². The molecule has 0 aromatic carbocycles. The third-order valence-corrected chi connectivity index (χ3v) is 1.20. The van der Waals surface area contributed by atoms with Crippen LogP contribution in [0.25, 0.3) is 0 Å². The molecule has 1 unspecified atom stereocenters. The Kier molecular flexibility index (Phi) is 6.04. The van der Waals surface area contributed by atoms with E-state index in [4.69, 9.17) is 4.74 Å². The predicted molar refractivity (Wildman–Crippen MR) is 48.7 cm³/mol. The van der Waals surface area contributed by atoms with Gasteiger partial charge in [-0.3, -0.25) is 0 Å². The molecule has 0 aliphatic heterocycles. The van der Waals surface area contributed by atoms with Crippen LogP contribution in [0.3, 0.4) is 0 Å². The lowest BCUT2D eigenvalue weighted by molar-refractivity contribution is -0.109. The van der Waals surface area contributed by atoms with Crippen LogP contribution in [0.2, 0.25) is 0 Å². The zero-order valence-corrected chi connectivity index (χ0v) is 7.76. The molecule has 0 aromatic heterocycles. The third kappa shape index (κ3) is 5.70. The number of allylic oxidation sites excluding steroid dienone is 2. The van der Waals surface area contributed by atoms with Gasteiger partial charge in [0.2, 0.25) is 0 Å². The number of carbonyl (C=O) groups excluding carboxylic acids is 1. The number of hydrogen-bond acceptors (Lipinski definition) is 2. The van der Waals surface area contributed by atoms with Gasteiger partial charge in [0, 0.05) is 13.5 Å². The SMILES string of the molecule is COC(C#CC=C(C)C)CC=O. The lowest BCUT2D eigenvalue weighted by Crippen LogP contribution is -2.07. The van der Waals surface area contributed by atoms with Crippen molar-refractivity contribution in [2.24, 2.45) is 0 Å². The van der Waals surface area contributed by atoms with Crippen molar-refractivity contribution in [2.45, 2.75) is 26.4 Å². The fraction of sp³-hybridized carbons (Fsp3) is 0.500. The summed E-state index contributed by atoms with van der Waals surface area (Å²) < 4.78 is 4.94. The van der Waals surface area contributed by atoms with E-state index in [1.54, 1.807) is 13.2 Å².